The third kappa shape index (κ3) is 2.82. The quantitative estimate of drug-likeness (QED) is 0.608. The van der Waals surface area contributed by atoms with E-state index in [2.05, 4.69) is 5.32 Å². The van der Waals surface area contributed by atoms with Crippen LogP contribution >= 0.6 is 0 Å². The van der Waals surface area contributed by atoms with Gasteiger partial charge < -0.3 is 10.2 Å². The minimum absolute atomic E-state index is 0.114. The van der Waals surface area contributed by atoms with Crippen LogP contribution in [0.2, 0.25) is 0 Å². The number of amides is 1. The van der Waals surface area contributed by atoms with Crippen molar-refractivity contribution in [2.75, 3.05) is 20.6 Å². The summed E-state index contributed by atoms with van der Waals surface area (Å²) < 4.78 is 0. The molecule has 0 aromatic carbocycles. The summed E-state index contributed by atoms with van der Waals surface area (Å²) >= 11 is 0. The minimum Gasteiger partial charge on any atom is -0.342 e. The lowest BCUT2D eigenvalue weighted by molar-refractivity contribution is -0.129. The molecule has 1 atom stereocenters. The predicted molar refractivity (Wildman–Crippen MR) is 41.8 cm³/mol. The molecule has 0 spiro atoms. The topological polar surface area (TPSA) is 32.3 Å². The fourth-order valence-electron chi connectivity index (χ4n) is 0.743. The summed E-state index contributed by atoms with van der Waals surface area (Å²) in [5, 5.41) is 3.01. The standard InChI is InChI=1S/C7H16N2O/c1-6(5-8-3)9(4)7(2)10/h6,8H,5H2,1-4H3/t6-/m0/s1. The maximum absolute atomic E-state index is 10.8. The number of likely N-dealkylation sites (N-methyl/N-ethyl adjacent to an activating group) is 2. The highest BCUT2D eigenvalue weighted by molar-refractivity contribution is 5.73. The van der Waals surface area contributed by atoms with Crippen LogP contribution in [-0.4, -0.2) is 37.5 Å². The lowest BCUT2D eigenvalue weighted by Gasteiger charge is -2.22. The first-order chi connectivity index (χ1) is 4.59. The zero-order valence-corrected chi connectivity index (χ0v) is 7.14. The highest BCUT2D eigenvalue weighted by Gasteiger charge is 2.09. The molecule has 3 heteroatoms. The highest BCUT2D eigenvalue weighted by atomic mass is 16.2. The summed E-state index contributed by atoms with van der Waals surface area (Å²) in [7, 11) is 3.69. The van der Waals surface area contributed by atoms with Crippen molar-refractivity contribution in [2.24, 2.45) is 0 Å². The van der Waals surface area contributed by atoms with Crippen molar-refractivity contribution in [3.8, 4) is 0 Å². The number of carbonyl (C=O) groups excluding carboxylic acids is 1. The first-order valence-corrected chi connectivity index (χ1v) is 3.47. The van der Waals surface area contributed by atoms with Crippen molar-refractivity contribution in [2.45, 2.75) is 19.9 Å². The maximum atomic E-state index is 10.8. The van der Waals surface area contributed by atoms with Crippen LogP contribution in [0.25, 0.3) is 0 Å². The molecule has 0 saturated heterocycles. The molecule has 1 amide bonds. The van der Waals surface area contributed by atoms with Gasteiger partial charge >= 0.3 is 0 Å². The van der Waals surface area contributed by atoms with Gasteiger partial charge in [0, 0.05) is 26.6 Å². The monoisotopic (exact) mass is 144 g/mol. The lowest BCUT2D eigenvalue weighted by Crippen LogP contribution is -2.39. The molecule has 0 bridgehead atoms. The number of nitrogens with one attached hydrogen (secondary N) is 1. The van der Waals surface area contributed by atoms with Crippen LogP contribution in [0.1, 0.15) is 13.8 Å². The van der Waals surface area contributed by atoms with E-state index >= 15 is 0 Å². The van der Waals surface area contributed by atoms with E-state index < -0.39 is 0 Å². The zero-order chi connectivity index (χ0) is 8.15. The fraction of sp³-hybridized carbons (Fsp3) is 0.857. The SMILES string of the molecule is CNC[C@H](C)N(C)C(C)=O. The van der Waals surface area contributed by atoms with E-state index in [0.717, 1.165) is 6.54 Å². The Morgan fingerprint density at radius 3 is 2.50 bits per heavy atom. The van der Waals surface area contributed by atoms with Gasteiger partial charge in [-0.3, -0.25) is 4.79 Å². The van der Waals surface area contributed by atoms with Gasteiger partial charge in [0.05, 0.1) is 0 Å². The fourth-order valence-corrected chi connectivity index (χ4v) is 0.743. The molecule has 0 unspecified atom stereocenters. The molecule has 1 N–H and O–H groups in total. The average Bonchev–Trinajstić information content (AvgIpc) is 1.87. The maximum Gasteiger partial charge on any atom is 0.219 e. The van der Waals surface area contributed by atoms with Crippen LogP contribution in [0.4, 0.5) is 0 Å². The molecular weight excluding hydrogens is 128 g/mol. The number of carbonyl (C=O) groups is 1. The van der Waals surface area contributed by atoms with Gasteiger partial charge in [-0.25, -0.2) is 0 Å². The Morgan fingerprint density at radius 2 is 2.20 bits per heavy atom. The molecule has 0 aromatic heterocycles. The molecule has 3 nitrogen and oxygen atoms in total. The van der Waals surface area contributed by atoms with E-state index in [1.807, 2.05) is 21.0 Å². The van der Waals surface area contributed by atoms with Crippen LogP contribution in [0.5, 0.6) is 0 Å². The number of nitrogens with zero attached hydrogens (tertiary/aromatic N) is 1. The van der Waals surface area contributed by atoms with Gasteiger partial charge in [0.15, 0.2) is 0 Å². The van der Waals surface area contributed by atoms with Gasteiger partial charge in [0.25, 0.3) is 0 Å². The molecule has 0 aromatic rings. The van der Waals surface area contributed by atoms with E-state index in [9.17, 15) is 4.79 Å². The molecule has 0 aliphatic carbocycles. The van der Waals surface area contributed by atoms with Crippen LogP contribution in [0.3, 0.4) is 0 Å². The third-order valence-electron chi connectivity index (χ3n) is 1.66. The van der Waals surface area contributed by atoms with Crippen LogP contribution in [0.15, 0.2) is 0 Å². The van der Waals surface area contributed by atoms with Crippen molar-refractivity contribution < 1.29 is 4.79 Å². The molecule has 60 valence electrons. The van der Waals surface area contributed by atoms with Gasteiger partial charge in [-0.05, 0) is 14.0 Å². The second kappa shape index (κ2) is 4.28. The molecule has 0 saturated carbocycles. The van der Waals surface area contributed by atoms with E-state index in [-0.39, 0.29) is 11.9 Å². The second-order valence-corrected chi connectivity index (χ2v) is 2.54. The van der Waals surface area contributed by atoms with Gasteiger partial charge in [0.2, 0.25) is 5.91 Å². The van der Waals surface area contributed by atoms with Crippen molar-refractivity contribution in [3.05, 3.63) is 0 Å². The number of hydrogen-bond donors (Lipinski definition) is 1. The summed E-state index contributed by atoms with van der Waals surface area (Å²) in [5.41, 5.74) is 0. The van der Waals surface area contributed by atoms with Crippen LogP contribution < -0.4 is 5.32 Å². The molecule has 0 rings (SSSR count). The highest BCUT2D eigenvalue weighted by Crippen LogP contribution is 1.92. The lowest BCUT2D eigenvalue weighted by atomic mass is 10.3. The van der Waals surface area contributed by atoms with E-state index in [4.69, 9.17) is 0 Å². The van der Waals surface area contributed by atoms with Gasteiger partial charge in [-0.2, -0.15) is 0 Å². The Labute approximate surface area is 62.4 Å². The van der Waals surface area contributed by atoms with Crippen molar-refractivity contribution in [3.63, 3.8) is 0 Å². The molecule has 0 fully saturated rings. The van der Waals surface area contributed by atoms with Gasteiger partial charge in [-0.1, -0.05) is 0 Å². The third-order valence-corrected chi connectivity index (χ3v) is 1.66. The van der Waals surface area contributed by atoms with Crippen molar-refractivity contribution in [1.82, 2.24) is 10.2 Å². The summed E-state index contributed by atoms with van der Waals surface area (Å²) in [4.78, 5) is 12.5. The predicted octanol–water partition coefficient (Wildman–Crippen LogP) is 0.0726. The second-order valence-electron chi connectivity index (χ2n) is 2.54. The number of hydrogen-bond acceptors (Lipinski definition) is 2. The van der Waals surface area contributed by atoms with E-state index in [1.165, 1.54) is 0 Å². The molecule has 0 heterocycles. The average molecular weight is 144 g/mol. The van der Waals surface area contributed by atoms with Crippen molar-refractivity contribution >= 4 is 5.91 Å². The number of rotatable bonds is 3. The molecule has 0 aliphatic heterocycles. The van der Waals surface area contributed by atoms with E-state index in [0.29, 0.717) is 0 Å². The summed E-state index contributed by atoms with van der Waals surface area (Å²) in [6.07, 6.45) is 0. The molecular formula is C7H16N2O. The summed E-state index contributed by atoms with van der Waals surface area (Å²) in [6, 6.07) is 0.280. The molecule has 0 radical (unpaired) electrons. The van der Waals surface area contributed by atoms with Gasteiger partial charge in [-0.15, -0.1) is 0 Å². The Kier molecular flexibility index (Phi) is 4.03. The first-order valence-electron chi connectivity index (χ1n) is 3.47. The zero-order valence-electron chi connectivity index (χ0n) is 7.14. The minimum atomic E-state index is 0.114. The largest absolute Gasteiger partial charge is 0.342 e. The summed E-state index contributed by atoms with van der Waals surface area (Å²) in [6.45, 7) is 4.43. The Bertz CT molecular complexity index is 114. The normalized spacial score (nSPS) is 12.8. The van der Waals surface area contributed by atoms with E-state index in [1.54, 1.807) is 11.8 Å². The molecule has 0 aliphatic rings. The Hall–Kier alpha value is -0.570. The van der Waals surface area contributed by atoms with Crippen molar-refractivity contribution in [1.29, 1.82) is 0 Å². The first kappa shape index (κ1) is 9.43. The smallest absolute Gasteiger partial charge is 0.219 e. The van der Waals surface area contributed by atoms with Crippen LogP contribution in [-0.2, 0) is 4.79 Å². The Balaban J connectivity index is 3.69. The molecule has 10 heavy (non-hydrogen) atoms. The van der Waals surface area contributed by atoms with Gasteiger partial charge in [0.1, 0.15) is 0 Å². The Morgan fingerprint density at radius 1 is 1.70 bits per heavy atom. The summed E-state index contributed by atoms with van der Waals surface area (Å²) in [5.74, 6) is 0.114. The van der Waals surface area contributed by atoms with Crippen LogP contribution in [0, 0.1) is 0 Å².